The molecule has 1 heterocycles. The van der Waals surface area contributed by atoms with Crippen molar-refractivity contribution in [1.82, 2.24) is 4.98 Å². The van der Waals surface area contributed by atoms with Gasteiger partial charge in [-0.1, -0.05) is 29.3 Å². The summed E-state index contributed by atoms with van der Waals surface area (Å²) in [7, 11) is -3.77. The lowest BCUT2D eigenvalue weighted by atomic mass is 10.1. The summed E-state index contributed by atoms with van der Waals surface area (Å²) in [5.41, 5.74) is 0.873. The maximum absolute atomic E-state index is 14.4. The van der Waals surface area contributed by atoms with Crippen LogP contribution in [0.15, 0.2) is 59.6 Å². The van der Waals surface area contributed by atoms with Gasteiger partial charge >= 0.3 is 0 Å². The van der Waals surface area contributed by atoms with Crippen molar-refractivity contribution in [3.63, 3.8) is 0 Å². The average molecular weight is 510 g/mol. The molecule has 7 nitrogen and oxygen atoms in total. The van der Waals surface area contributed by atoms with Crippen molar-refractivity contribution >= 4 is 62.0 Å². The van der Waals surface area contributed by atoms with Crippen molar-refractivity contribution in [3.8, 4) is 0 Å². The van der Waals surface area contributed by atoms with E-state index in [0.29, 0.717) is 21.3 Å². The summed E-state index contributed by atoms with van der Waals surface area (Å²) in [5.74, 6) is -1.80. The van der Waals surface area contributed by atoms with Crippen LogP contribution in [0.1, 0.15) is 12.5 Å². The van der Waals surface area contributed by atoms with Crippen molar-refractivity contribution in [1.29, 1.82) is 0 Å². The first kappa shape index (κ1) is 24.6. The molecule has 2 amide bonds. The first-order valence-corrected chi connectivity index (χ1v) is 12.1. The van der Waals surface area contributed by atoms with Gasteiger partial charge in [-0.3, -0.25) is 14.5 Å². The second kappa shape index (κ2) is 9.86. The smallest absolute Gasteiger partial charge is 0.229 e. The first-order valence-electron chi connectivity index (χ1n) is 9.46. The van der Waals surface area contributed by atoms with Crippen LogP contribution in [-0.4, -0.2) is 31.5 Å². The van der Waals surface area contributed by atoms with E-state index in [-0.39, 0.29) is 17.9 Å². The van der Waals surface area contributed by atoms with Gasteiger partial charge in [-0.25, -0.2) is 17.8 Å². The number of anilines is 3. The fourth-order valence-electron chi connectivity index (χ4n) is 3.09. The topological polar surface area (TPSA) is 96.4 Å². The van der Waals surface area contributed by atoms with E-state index in [4.69, 9.17) is 23.2 Å². The van der Waals surface area contributed by atoms with Gasteiger partial charge in [0.2, 0.25) is 11.8 Å². The highest BCUT2D eigenvalue weighted by atomic mass is 35.5. The number of halogens is 3. The number of aromatic nitrogens is 1. The van der Waals surface area contributed by atoms with Crippen LogP contribution < -0.4 is 10.2 Å². The Kier molecular flexibility index (Phi) is 7.36. The lowest BCUT2D eigenvalue weighted by Gasteiger charge is -2.21. The van der Waals surface area contributed by atoms with Gasteiger partial charge in [-0.2, -0.15) is 0 Å². The lowest BCUT2D eigenvalue weighted by molar-refractivity contribution is -0.116. The number of carbonyl (C=O) groups excluding carboxylic acids is 2. The molecule has 0 spiro atoms. The van der Waals surface area contributed by atoms with Crippen LogP contribution in [0.4, 0.5) is 21.6 Å². The Hall–Kier alpha value is -3.01. The Morgan fingerprint density at radius 3 is 2.33 bits per heavy atom. The number of rotatable bonds is 6. The normalized spacial score (nSPS) is 11.2. The van der Waals surface area contributed by atoms with E-state index in [1.54, 1.807) is 18.2 Å². The van der Waals surface area contributed by atoms with Crippen molar-refractivity contribution in [2.75, 3.05) is 16.5 Å². The van der Waals surface area contributed by atoms with Gasteiger partial charge in [0.1, 0.15) is 16.5 Å². The molecule has 0 saturated heterocycles. The molecule has 172 valence electrons. The average Bonchev–Trinajstić information content (AvgIpc) is 2.70. The number of pyridine rings is 1. The summed E-state index contributed by atoms with van der Waals surface area (Å²) in [6.45, 7) is 1.24. The Morgan fingerprint density at radius 2 is 1.76 bits per heavy atom. The highest BCUT2D eigenvalue weighted by Gasteiger charge is 2.21. The lowest BCUT2D eigenvalue weighted by Crippen LogP contribution is -2.24. The number of nitrogens with zero attached hydrogens (tertiary/aromatic N) is 2. The molecular weight excluding hydrogens is 492 g/mol. The molecule has 0 aliphatic rings. The number of benzene rings is 2. The van der Waals surface area contributed by atoms with Crippen LogP contribution >= 0.6 is 23.2 Å². The fraction of sp³-hybridized carbons (Fsp3) is 0.136. The number of amides is 2. The van der Waals surface area contributed by atoms with Crippen molar-refractivity contribution in [2.24, 2.45) is 0 Å². The number of carbonyl (C=O) groups is 2. The predicted octanol–water partition coefficient (Wildman–Crippen LogP) is 4.80. The first-order chi connectivity index (χ1) is 15.5. The van der Waals surface area contributed by atoms with Gasteiger partial charge < -0.3 is 5.32 Å². The quantitative estimate of drug-likeness (QED) is 0.514. The number of hydrogen-bond acceptors (Lipinski definition) is 5. The molecule has 0 fully saturated rings. The Bertz CT molecular complexity index is 1330. The maximum atomic E-state index is 14.4. The van der Waals surface area contributed by atoms with E-state index < -0.39 is 32.4 Å². The molecule has 0 radical (unpaired) electrons. The van der Waals surface area contributed by atoms with Crippen LogP contribution in [0.5, 0.6) is 0 Å². The Morgan fingerprint density at radius 1 is 1.09 bits per heavy atom. The summed E-state index contributed by atoms with van der Waals surface area (Å²) in [4.78, 5) is 29.6. The van der Waals surface area contributed by atoms with E-state index in [2.05, 4.69) is 10.3 Å². The molecule has 1 aromatic heterocycles. The number of hydrogen-bond donors (Lipinski definition) is 1. The van der Waals surface area contributed by atoms with Crippen LogP contribution in [0.3, 0.4) is 0 Å². The zero-order chi connectivity index (χ0) is 24.3. The molecule has 2 aromatic carbocycles. The van der Waals surface area contributed by atoms with Crippen molar-refractivity contribution < 1.29 is 22.4 Å². The highest BCUT2D eigenvalue weighted by molar-refractivity contribution is 7.90. The van der Waals surface area contributed by atoms with Crippen LogP contribution in [0.25, 0.3) is 0 Å². The molecule has 11 heteroatoms. The molecule has 33 heavy (non-hydrogen) atoms. The minimum absolute atomic E-state index is 0.0752. The molecule has 0 aliphatic carbocycles. The third kappa shape index (κ3) is 5.87. The van der Waals surface area contributed by atoms with Gasteiger partial charge in [-0.15, -0.1) is 0 Å². The monoisotopic (exact) mass is 509 g/mol. The number of sulfone groups is 1. The third-order valence-corrected chi connectivity index (χ3v) is 6.38. The second-order valence-corrected chi connectivity index (χ2v) is 9.87. The molecule has 0 unspecified atom stereocenters. The minimum Gasteiger partial charge on any atom is -0.326 e. The van der Waals surface area contributed by atoms with E-state index >= 15 is 0 Å². The standard InChI is InChI=1S/C22H18Cl2FN3O4S/c1-13(29)28(15-6-7-20(19(25)11-15)33(2,31)32)21-10-14(8-9-26-21)27-22(30)12-16-17(23)4-3-5-18(16)24/h3-11H,12H2,1-2H3,(H,26,27,30). The minimum atomic E-state index is -3.77. The van der Waals surface area contributed by atoms with Gasteiger partial charge in [0.05, 0.1) is 12.1 Å². The molecule has 0 saturated carbocycles. The number of nitrogens with one attached hydrogen (secondary N) is 1. The van der Waals surface area contributed by atoms with Crippen molar-refractivity contribution in [2.45, 2.75) is 18.2 Å². The highest BCUT2D eigenvalue weighted by Crippen LogP contribution is 2.29. The molecule has 3 rings (SSSR count). The third-order valence-electron chi connectivity index (χ3n) is 4.55. The molecule has 0 atom stereocenters. The molecule has 3 aromatic rings. The zero-order valence-corrected chi connectivity index (χ0v) is 19.8. The van der Waals surface area contributed by atoms with Crippen molar-refractivity contribution in [3.05, 3.63) is 76.2 Å². The van der Waals surface area contributed by atoms with Crippen LogP contribution in [-0.2, 0) is 25.8 Å². The van der Waals surface area contributed by atoms with Crippen LogP contribution in [0, 0.1) is 5.82 Å². The SMILES string of the molecule is CC(=O)N(c1ccc(S(C)(=O)=O)c(F)c1)c1cc(NC(=O)Cc2c(Cl)cccc2Cl)ccn1. The van der Waals surface area contributed by atoms with E-state index in [9.17, 15) is 22.4 Å². The summed E-state index contributed by atoms with van der Waals surface area (Å²) < 4.78 is 37.7. The van der Waals surface area contributed by atoms with E-state index in [0.717, 1.165) is 23.3 Å². The maximum Gasteiger partial charge on any atom is 0.229 e. The van der Waals surface area contributed by atoms with Gasteiger partial charge in [0.15, 0.2) is 9.84 Å². The van der Waals surface area contributed by atoms with Crippen LogP contribution in [0.2, 0.25) is 10.0 Å². The Labute approximate surface area is 200 Å². The van der Waals surface area contributed by atoms with E-state index in [1.165, 1.54) is 31.3 Å². The predicted molar refractivity (Wildman–Crippen MR) is 125 cm³/mol. The molecular formula is C22H18Cl2FN3O4S. The summed E-state index contributed by atoms with van der Waals surface area (Å²) >= 11 is 12.2. The van der Waals surface area contributed by atoms with Gasteiger partial charge in [-0.05, 0) is 42.0 Å². The van der Waals surface area contributed by atoms with Gasteiger partial charge in [0, 0.05) is 41.2 Å². The summed E-state index contributed by atoms with van der Waals surface area (Å²) in [6.07, 6.45) is 2.17. The summed E-state index contributed by atoms with van der Waals surface area (Å²) in [6, 6.07) is 11.2. The second-order valence-electron chi connectivity index (χ2n) is 7.07. The Balaban J connectivity index is 1.88. The fourth-order valence-corrected chi connectivity index (χ4v) is 4.35. The van der Waals surface area contributed by atoms with E-state index in [1.807, 2.05) is 0 Å². The molecule has 1 N–H and O–H groups in total. The largest absolute Gasteiger partial charge is 0.326 e. The zero-order valence-electron chi connectivity index (χ0n) is 17.5. The van der Waals surface area contributed by atoms with Gasteiger partial charge in [0.25, 0.3) is 0 Å². The molecule has 0 bridgehead atoms. The molecule has 0 aliphatic heterocycles. The summed E-state index contributed by atoms with van der Waals surface area (Å²) in [5, 5.41) is 3.40.